The van der Waals surface area contributed by atoms with E-state index in [1.54, 1.807) is 12.4 Å². The van der Waals surface area contributed by atoms with Gasteiger partial charge in [-0.3, -0.25) is 0 Å². The summed E-state index contributed by atoms with van der Waals surface area (Å²) in [5.74, 6) is 0. The number of aliphatic hydroxyl groups excluding tert-OH is 1. The van der Waals surface area contributed by atoms with Gasteiger partial charge in [0.1, 0.15) is 6.33 Å². The van der Waals surface area contributed by atoms with Crippen LogP contribution in [-0.2, 0) is 0 Å². The van der Waals surface area contributed by atoms with Gasteiger partial charge in [0.2, 0.25) is 0 Å². The Labute approximate surface area is 129 Å². The Morgan fingerprint density at radius 1 is 1.18 bits per heavy atom. The standard InChI is InChI=1S/C16H20N4O2/c1-12(20-16(22)19-7-2-8-21)13-3-5-14(6-4-13)15-9-17-11-18-10-15/h3-6,9-12,21H,2,7-8H2,1H3,(H2,19,20,22). The molecule has 6 nitrogen and oxygen atoms in total. The highest BCUT2D eigenvalue weighted by Crippen LogP contribution is 2.20. The van der Waals surface area contributed by atoms with E-state index in [4.69, 9.17) is 5.11 Å². The lowest BCUT2D eigenvalue weighted by atomic mass is 10.0. The van der Waals surface area contributed by atoms with Crippen LogP contribution in [-0.4, -0.2) is 34.3 Å². The molecule has 3 N–H and O–H groups in total. The van der Waals surface area contributed by atoms with E-state index in [2.05, 4.69) is 20.6 Å². The van der Waals surface area contributed by atoms with Gasteiger partial charge in [-0.15, -0.1) is 0 Å². The summed E-state index contributed by atoms with van der Waals surface area (Å²) >= 11 is 0. The number of aliphatic hydroxyl groups is 1. The van der Waals surface area contributed by atoms with Crippen LogP contribution in [0.2, 0.25) is 0 Å². The minimum atomic E-state index is -0.235. The van der Waals surface area contributed by atoms with Gasteiger partial charge in [0.25, 0.3) is 0 Å². The molecule has 6 heteroatoms. The van der Waals surface area contributed by atoms with Crippen LogP contribution in [0.3, 0.4) is 0 Å². The normalized spacial score (nSPS) is 11.7. The summed E-state index contributed by atoms with van der Waals surface area (Å²) < 4.78 is 0. The molecule has 1 atom stereocenters. The molecule has 0 saturated heterocycles. The number of carbonyl (C=O) groups is 1. The lowest BCUT2D eigenvalue weighted by molar-refractivity contribution is 0.235. The average molecular weight is 300 g/mol. The van der Waals surface area contributed by atoms with Crippen molar-refractivity contribution < 1.29 is 9.90 Å². The van der Waals surface area contributed by atoms with E-state index in [0.29, 0.717) is 13.0 Å². The molecule has 0 bridgehead atoms. The van der Waals surface area contributed by atoms with Gasteiger partial charge in [0.05, 0.1) is 6.04 Å². The Bertz CT molecular complexity index is 587. The maximum absolute atomic E-state index is 11.7. The fourth-order valence-electron chi connectivity index (χ4n) is 2.02. The molecule has 1 aromatic heterocycles. The first kappa shape index (κ1) is 15.9. The third-order valence-electron chi connectivity index (χ3n) is 3.27. The third-order valence-corrected chi connectivity index (χ3v) is 3.27. The third kappa shape index (κ3) is 4.53. The molecule has 1 heterocycles. The Balaban J connectivity index is 1.94. The molecule has 0 spiro atoms. The SMILES string of the molecule is CC(NC(=O)NCCCO)c1ccc(-c2cncnc2)cc1. The van der Waals surface area contributed by atoms with E-state index in [1.165, 1.54) is 6.33 Å². The average Bonchev–Trinajstić information content (AvgIpc) is 2.56. The number of benzene rings is 1. The Kier molecular flexibility index (Phi) is 5.85. The van der Waals surface area contributed by atoms with Gasteiger partial charge < -0.3 is 15.7 Å². The van der Waals surface area contributed by atoms with Crippen molar-refractivity contribution in [3.05, 3.63) is 48.5 Å². The Morgan fingerprint density at radius 3 is 2.50 bits per heavy atom. The van der Waals surface area contributed by atoms with Gasteiger partial charge in [-0.2, -0.15) is 0 Å². The predicted octanol–water partition coefficient (Wildman–Crippen LogP) is 1.89. The van der Waals surface area contributed by atoms with Crippen molar-refractivity contribution in [3.8, 4) is 11.1 Å². The molecule has 1 aromatic carbocycles. The molecule has 2 rings (SSSR count). The number of nitrogens with one attached hydrogen (secondary N) is 2. The fourth-order valence-corrected chi connectivity index (χ4v) is 2.02. The van der Waals surface area contributed by atoms with Crippen molar-refractivity contribution in [2.24, 2.45) is 0 Å². The van der Waals surface area contributed by atoms with Crippen LogP contribution in [0.15, 0.2) is 43.0 Å². The summed E-state index contributed by atoms with van der Waals surface area (Å²) in [5.41, 5.74) is 3.00. The zero-order valence-electron chi connectivity index (χ0n) is 12.5. The van der Waals surface area contributed by atoms with E-state index < -0.39 is 0 Å². The van der Waals surface area contributed by atoms with Crippen molar-refractivity contribution in [1.82, 2.24) is 20.6 Å². The van der Waals surface area contributed by atoms with Gasteiger partial charge in [0.15, 0.2) is 0 Å². The molecule has 0 aliphatic carbocycles. The van der Waals surface area contributed by atoms with Crippen LogP contribution in [0.25, 0.3) is 11.1 Å². The van der Waals surface area contributed by atoms with Crippen molar-refractivity contribution in [2.45, 2.75) is 19.4 Å². The van der Waals surface area contributed by atoms with Gasteiger partial charge >= 0.3 is 6.03 Å². The monoisotopic (exact) mass is 300 g/mol. The quantitative estimate of drug-likeness (QED) is 0.711. The summed E-state index contributed by atoms with van der Waals surface area (Å²) in [6.45, 7) is 2.45. The minimum Gasteiger partial charge on any atom is -0.396 e. The number of carbonyl (C=O) groups excluding carboxylic acids is 1. The molecule has 0 saturated carbocycles. The molecule has 22 heavy (non-hydrogen) atoms. The van der Waals surface area contributed by atoms with E-state index in [-0.39, 0.29) is 18.7 Å². The maximum Gasteiger partial charge on any atom is 0.315 e. The van der Waals surface area contributed by atoms with E-state index in [9.17, 15) is 4.79 Å². The fraction of sp³-hybridized carbons (Fsp3) is 0.312. The topological polar surface area (TPSA) is 87.1 Å². The summed E-state index contributed by atoms with van der Waals surface area (Å²) in [7, 11) is 0. The summed E-state index contributed by atoms with van der Waals surface area (Å²) in [6, 6.07) is 7.57. The van der Waals surface area contributed by atoms with E-state index >= 15 is 0 Å². The molecule has 0 radical (unpaired) electrons. The van der Waals surface area contributed by atoms with Crippen molar-refractivity contribution >= 4 is 6.03 Å². The maximum atomic E-state index is 11.7. The van der Waals surface area contributed by atoms with Gasteiger partial charge in [-0.1, -0.05) is 24.3 Å². The number of hydrogen-bond acceptors (Lipinski definition) is 4. The largest absolute Gasteiger partial charge is 0.396 e. The molecule has 0 aliphatic heterocycles. The van der Waals surface area contributed by atoms with Crippen LogP contribution in [0, 0.1) is 0 Å². The smallest absolute Gasteiger partial charge is 0.315 e. The second kappa shape index (κ2) is 8.09. The van der Waals surface area contributed by atoms with Crippen LogP contribution >= 0.6 is 0 Å². The van der Waals surface area contributed by atoms with Crippen molar-refractivity contribution in [1.29, 1.82) is 0 Å². The number of rotatable bonds is 6. The second-order valence-electron chi connectivity index (χ2n) is 4.95. The molecular formula is C16H20N4O2. The van der Waals surface area contributed by atoms with Crippen LogP contribution in [0.1, 0.15) is 24.9 Å². The summed E-state index contributed by atoms with van der Waals surface area (Å²) in [5, 5.41) is 14.2. The van der Waals surface area contributed by atoms with Crippen molar-refractivity contribution in [3.63, 3.8) is 0 Å². The molecule has 116 valence electrons. The number of nitrogens with zero attached hydrogens (tertiary/aromatic N) is 2. The molecular weight excluding hydrogens is 280 g/mol. The first-order valence-electron chi connectivity index (χ1n) is 7.21. The number of amides is 2. The number of urea groups is 1. The molecule has 1 unspecified atom stereocenters. The highest BCUT2D eigenvalue weighted by molar-refractivity contribution is 5.74. The Hall–Kier alpha value is -2.47. The second-order valence-corrected chi connectivity index (χ2v) is 4.95. The highest BCUT2D eigenvalue weighted by Gasteiger charge is 2.09. The predicted molar refractivity (Wildman–Crippen MR) is 84.1 cm³/mol. The first-order valence-corrected chi connectivity index (χ1v) is 7.21. The molecule has 2 amide bonds. The van der Waals surface area contributed by atoms with Crippen molar-refractivity contribution in [2.75, 3.05) is 13.2 Å². The molecule has 0 aliphatic rings. The zero-order chi connectivity index (χ0) is 15.8. The van der Waals surface area contributed by atoms with Crippen LogP contribution in [0.4, 0.5) is 4.79 Å². The van der Waals surface area contributed by atoms with Gasteiger partial charge in [-0.25, -0.2) is 14.8 Å². The lowest BCUT2D eigenvalue weighted by Crippen LogP contribution is -2.37. The van der Waals surface area contributed by atoms with Crippen LogP contribution in [0.5, 0.6) is 0 Å². The van der Waals surface area contributed by atoms with E-state index in [1.807, 2.05) is 31.2 Å². The first-order chi connectivity index (χ1) is 10.7. The number of hydrogen-bond donors (Lipinski definition) is 3. The molecule has 2 aromatic rings. The Morgan fingerprint density at radius 2 is 1.86 bits per heavy atom. The molecule has 0 fully saturated rings. The highest BCUT2D eigenvalue weighted by atomic mass is 16.3. The summed E-state index contributed by atoms with van der Waals surface area (Å²) in [6.07, 6.45) is 5.57. The van der Waals surface area contributed by atoms with Gasteiger partial charge in [0, 0.05) is 31.1 Å². The zero-order valence-corrected chi connectivity index (χ0v) is 12.5. The lowest BCUT2D eigenvalue weighted by Gasteiger charge is -2.15. The number of aromatic nitrogens is 2. The van der Waals surface area contributed by atoms with E-state index in [0.717, 1.165) is 16.7 Å². The van der Waals surface area contributed by atoms with Gasteiger partial charge in [-0.05, 0) is 24.5 Å². The van der Waals surface area contributed by atoms with Crippen LogP contribution < -0.4 is 10.6 Å². The summed E-state index contributed by atoms with van der Waals surface area (Å²) in [4.78, 5) is 19.7. The minimum absolute atomic E-state index is 0.0699.